The molecule has 0 unspecified atom stereocenters. The van der Waals surface area contributed by atoms with Crippen LogP contribution in [0.5, 0.6) is 0 Å². The van der Waals surface area contributed by atoms with Crippen molar-refractivity contribution >= 4 is 5.91 Å². The van der Waals surface area contributed by atoms with E-state index in [1.54, 1.807) is 0 Å². The highest BCUT2D eigenvalue weighted by Crippen LogP contribution is 2.52. The summed E-state index contributed by atoms with van der Waals surface area (Å²) < 4.78 is 40.0. The zero-order chi connectivity index (χ0) is 27.9. The van der Waals surface area contributed by atoms with Gasteiger partial charge in [0, 0.05) is 12.5 Å². The average molecular weight is 538 g/mol. The largest absolute Gasteiger partial charge is 0.416 e. The molecule has 40 heavy (non-hydrogen) atoms. The molecule has 1 heterocycles. The van der Waals surface area contributed by atoms with Gasteiger partial charge in [-0.05, 0) is 59.2 Å². The Morgan fingerprint density at radius 1 is 0.800 bits per heavy atom. The van der Waals surface area contributed by atoms with Crippen molar-refractivity contribution in [2.75, 3.05) is 0 Å². The number of benzene rings is 4. The van der Waals surface area contributed by atoms with Crippen molar-refractivity contribution in [2.45, 2.75) is 38.0 Å². The Kier molecular flexibility index (Phi) is 6.83. The van der Waals surface area contributed by atoms with E-state index in [9.17, 15) is 18.0 Å². The highest BCUT2D eigenvalue weighted by atomic mass is 19.4. The second-order valence-electron chi connectivity index (χ2n) is 10.9. The molecule has 1 fully saturated rings. The third-order valence-electron chi connectivity index (χ3n) is 8.34. The molecule has 0 aromatic heterocycles. The SMILES string of the molecule is Cc1ccc(-c2cccc([C@H]3CC=C[C@@H]4[C@@H]3C(=O)N(Cc3ccccc3)[C@H]4c3ccc(C(F)(F)F)cc3)c2)cc1. The van der Waals surface area contributed by atoms with Crippen LogP contribution in [0.2, 0.25) is 0 Å². The van der Waals surface area contributed by atoms with Gasteiger partial charge in [-0.3, -0.25) is 4.79 Å². The molecule has 4 aromatic rings. The summed E-state index contributed by atoms with van der Waals surface area (Å²) in [6.45, 7) is 2.47. The minimum absolute atomic E-state index is 0.0226. The quantitative estimate of drug-likeness (QED) is 0.233. The van der Waals surface area contributed by atoms with Crippen LogP contribution in [-0.2, 0) is 17.5 Å². The number of amides is 1. The van der Waals surface area contributed by atoms with E-state index in [0.29, 0.717) is 6.54 Å². The standard InChI is InChI=1S/C35H30F3NO/c1-23-13-15-25(16-14-23)27-9-5-10-28(21-27)30-11-6-12-31-32(30)34(40)39(22-24-7-3-2-4-8-24)33(31)26-17-19-29(20-18-26)35(36,37)38/h2-10,12-21,30-33H,11,22H2,1H3/t30-,31-,32-,33+/m1/s1. The van der Waals surface area contributed by atoms with Crippen LogP contribution >= 0.6 is 0 Å². The van der Waals surface area contributed by atoms with Crippen LogP contribution in [0.25, 0.3) is 11.1 Å². The van der Waals surface area contributed by atoms with Gasteiger partial charge in [0.1, 0.15) is 0 Å². The summed E-state index contributed by atoms with van der Waals surface area (Å²) >= 11 is 0. The summed E-state index contributed by atoms with van der Waals surface area (Å²) in [7, 11) is 0. The number of hydrogen-bond acceptors (Lipinski definition) is 1. The van der Waals surface area contributed by atoms with E-state index >= 15 is 0 Å². The molecule has 1 aliphatic carbocycles. The summed E-state index contributed by atoms with van der Waals surface area (Å²) in [6, 6.07) is 31.6. The maximum atomic E-state index is 14.2. The number of aryl methyl sites for hydroxylation is 1. The topological polar surface area (TPSA) is 20.3 Å². The first kappa shape index (κ1) is 26.1. The van der Waals surface area contributed by atoms with Crippen molar-refractivity contribution in [1.29, 1.82) is 0 Å². The Hall–Kier alpha value is -4.12. The lowest BCUT2D eigenvalue weighted by molar-refractivity contribution is -0.137. The van der Waals surface area contributed by atoms with E-state index in [0.717, 1.165) is 46.4 Å². The van der Waals surface area contributed by atoms with E-state index in [2.05, 4.69) is 61.5 Å². The van der Waals surface area contributed by atoms with E-state index in [-0.39, 0.29) is 29.7 Å². The molecule has 6 rings (SSSR count). The Bertz CT molecular complexity index is 1520. The zero-order valence-corrected chi connectivity index (χ0v) is 22.2. The van der Waals surface area contributed by atoms with Gasteiger partial charge in [0.15, 0.2) is 0 Å². The molecular formula is C35H30F3NO. The van der Waals surface area contributed by atoms with Crippen molar-refractivity contribution in [3.05, 3.63) is 143 Å². The second-order valence-corrected chi connectivity index (χ2v) is 10.9. The fourth-order valence-corrected chi connectivity index (χ4v) is 6.36. The van der Waals surface area contributed by atoms with Gasteiger partial charge in [-0.1, -0.05) is 109 Å². The predicted molar refractivity (Wildman–Crippen MR) is 151 cm³/mol. The van der Waals surface area contributed by atoms with Gasteiger partial charge in [-0.15, -0.1) is 0 Å². The van der Waals surface area contributed by atoms with E-state index < -0.39 is 11.7 Å². The fraction of sp³-hybridized carbons (Fsp3) is 0.229. The molecule has 0 N–H and O–H groups in total. The Labute approximate surface area is 232 Å². The third kappa shape index (κ3) is 4.97. The van der Waals surface area contributed by atoms with Crippen LogP contribution in [0.3, 0.4) is 0 Å². The molecular weight excluding hydrogens is 507 g/mol. The molecule has 4 aromatic carbocycles. The summed E-state index contributed by atoms with van der Waals surface area (Å²) in [5, 5.41) is 0. The van der Waals surface area contributed by atoms with Crippen molar-refractivity contribution in [1.82, 2.24) is 4.90 Å². The lowest BCUT2D eigenvalue weighted by Gasteiger charge is -2.31. The Balaban J connectivity index is 1.39. The maximum absolute atomic E-state index is 14.2. The lowest BCUT2D eigenvalue weighted by atomic mass is 9.71. The third-order valence-corrected chi connectivity index (χ3v) is 8.34. The molecule has 202 valence electrons. The number of fused-ring (bicyclic) bond motifs is 1. The fourth-order valence-electron chi connectivity index (χ4n) is 6.36. The minimum Gasteiger partial charge on any atom is -0.330 e. The first-order valence-corrected chi connectivity index (χ1v) is 13.6. The molecule has 1 amide bonds. The predicted octanol–water partition coefficient (Wildman–Crippen LogP) is 8.74. The number of nitrogens with zero attached hydrogens (tertiary/aromatic N) is 1. The van der Waals surface area contributed by atoms with Crippen molar-refractivity contribution in [3.8, 4) is 11.1 Å². The van der Waals surface area contributed by atoms with E-state index in [4.69, 9.17) is 0 Å². The highest BCUT2D eigenvalue weighted by Gasteiger charge is 2.51. The number of hydrogen-bond donors (Lipinski definition) is 0. The molecule has 2 aliphatic rings. The molecule has 0 bridgehead atoms. The van der Waals surface area contributed by atoms with E-state index in [1.165, 1.54) is 17.7 Å². The molecule has 1 saturated heterocycles. The van der Waals surface area contributed by atoms with Crippen LogP contribution in [0.1, 0.15) is 46.2 Å². The molecule has 0 saturated carbocycles. The van der Waals surface area contributed by atoms with Crippen LogP contribution < -0.4 is 0 Å². The number of carbonyl (C=O) groups excluding carboxylic acids is 1. The summed E-state index contributed by atoms with van der Waals surface area (Å²) in [6.07, 6.45) is 0.578. The van der Waals surface area contributed by atoms with Gasteiger partial charge in [-0.2, -0.15) is 13.2 Å². The van der Waals surface area contributed by atoms with E-state index in [1.807, 2.05) is 41.3 Å². The molecule has 4 atom stereocenters. The van der Waals surface area contributed by atoms with Crippen LogP contribution in [0.15, 0.2) is 115 Å². The first-order chi connectivity index (χ1) is 19.3. The van der Waals surface area contributed by atoms with Crippen LogP contribution in [0.4, 0.5) is 13.2 Å². The maximum Gasteiger partial charge on any atom is 0.416 e. The zero-order valence-electron chi connectivity index (χ0n) is 22.2. The van der Waals surface area contributed by atoms with Crippen molar-refractivity contribution < 1.29 is 18.0 Å². The number of halogens is 3. The van der Waals surface area contributed by atoms with Gasteiger partial charge in [0.25, 0.3) is 0 Å². The Morgan fingerprint density at radius 3 is 2.23 bits per heavy atom. The molecule has 1 aliphatic heterocycles. The Morgan fingerprint density at radius 2 is 1.52 bits per heavy atom. The van der Waals surface area contributed by atoms with Crippen molar-refractivity contribution in [2.24, 2.45) is 11.8 Å². The van der Waals surface area contributed by atoms with Gasteiger partial charge >= 0.3 is 6.18 Å². The number of allylic oxidation sites excluding steroid dienone is 1. The normalized spacial score (nSPS) is 22.4. The first-order valence-electron chi connectivity index (χ1n) is 13.6. The van der Waals surface area contributed by atoms with Crippen molar-refractivity contribution in [3.63, 3.8) is 0 Å². The van der Waals surface area contributed by atoms with Gasteiger partial charge in [-0.25, -0.2) is 0 Å². The smallest absolute Gasteiger partial charge is 0.330 e. The average Bonchev–Trinajstić information content (AvgIpc) is 3.24. The minimum atomic E-state index is -4.41. The monoisotopic (exact) mass is 537 g/mol. The molecule has 5 heteroatoms. The number of alkyl halides is 3. The molecule has 0 radical (unpaired) electrons. The summed E-state index contributed by atoms with van der Waals surface area (Å²) in [5.41, 5.74) is 5.58. The summed E-state index contributed by atoms with van der Waals surface area (Å²) in [5.74, 6) is -0.413. The second kappa shape index (κ2) is 10.5. The summed E-state index contributed by atoms with van der Waals surface area (Å²) in [4.78, 5) is 16.1. The lowest BCUT2D eigenvalue weighted by Crippen LogP contribution is -2.31. The van der Waals surface area contributed by atoms with Gasteiger partial charge < -0.3 is 4.90 Å². The van der Waals surface area contributed by atoms with Gasteiger partial charge in [0.2, 0.25) is 5.91 Å². The number of rotatable bonds is 5. The molecule has 2 nitrogen and oxygen atoms in total. The number of likely N-dealkylation sites (tertiary alicyclic amines) is 1. The number of carbonyl (C=O) groups is 1. The highest BCUT2D eigenvalue weighted by molar-refractivity contribution is 5.84. The van der Waals surface area contributed by atoms with Gasteiger partial charge in [0.05, 0.1) is 17.5 Å². The van der Waals surface area contributed by atoms with Crippen LogP contribution in [-0.4, -0.2) is 10.8 Å². The molecule has 0 spiro atoms. The van der Waals surface area contributed by atoms with Crippen LogP contribution in [0, 0.1) is 18.8 Å².